The highest BCUT2D eigenvalue weighted by Gasteiger charge is 2.31. The number of aromatic nitrogens is 2. The molecule has 25 heavy (non-hydrogen) atoms. The molecule has 2 aromatic carbocycles. The standard InChI is InChI=1S/C19H18FN3O2/c1-2-23-15-9-4-3-8-14(15)22-17(23)11-21-19(24)16-10-12-6-5-7-13(20)18(12)25-16/h3-9,16H,2,10-11H2,1H3,(H,21,24)/t16-/m1/s1. The van der Waals surface area contributed by atoms with Crippen LogP contribution in [-0.4, -0.2) is 21.6 Å². The molecule has 0 saturated heterocycles. The Morgan fingerprint density at radius 2 is 2.16 bits per heavy atom. The van der Waals surface area contributed by atoms with Crippen LogP contribution in [0.2, 0.25) is 0 Å². The number of imidazole rings is 1. The molecule has 1 amide bonds. The van der Waals surface area contributed by atoms with E-state index < -0.39 is 11.9 Å². The first-order valence-corrected chi connectivity index (χ1v) is 8.33. The van der Waals surface area contributed by atoms with Gasteiger partial charge in [-0.05, 0) is 25.1 Å². The number of aryl methyl sites for hydroxylation is 1. The molecular weight excluding hydrogens is 321 g/mol. The van der Waals surface area contributed by atoms with Gasteiger partial charge in [0.15, 0.2) is 17.7 Å². The molecule has 0 unspecified atom stereocenters. The molecule has 2 heterocycles. The van der Waals surface area contributed by atoms with Crippen LogP contribution in [0.25, 0.3) is 11.0 Å². The van der Waals surface area contributed by atoms with Crippen molar-refractivity contribution in [3.05, 3.63) is 59.7 Å². The third-order valence-corrected chi connectivity index (χ3v) is 4.48. The zero-order valence-electron chi connectivity index (χ0n) is 13.8. The first kappa shape index (κ1) is 15.6. The van der Waals surface area contributed by atoms with Crippen LogP contribution in [0.5, 0.6) is 5.75 Å². The third-order valence-electron chi connectivity index (χ3n) is 4.48. The Morgan fingerprint density at radius 1 is 1.32 bits per heavy atom. The minimum Gasteiger partial charge on any atom is -0.477 e. The highest BCUT2D eigenvalue weighted by molar-refractivity contribution is 5.82. The van der Waals surface area contributed by atoms with Crippen molar-refractivity contribution in [2.45, 2.75) is 32.5 Å². The largest absolute Gasteiger partial charge is 0.477 e. The number of fused-ring (bicyclic) bond motifs is 2. The smallest absolute Gasteiger partial charge is 0.261 e. The quantitative estimate of drug-likeness (QED) is 0.795. The van der Waals surface area contributed by atoms with Gasteiger partial charge >= 0.3 is 0 Å². The summed E-state index contributed by atoms with van der Waals surface area (Å²) >= 11 is 0. The van der Waals surface area contributed by atoms with E-state index in [1.807, 2.05) is 31.2 Å². The summed E-state index contributed by atoms with van der Waals surface area (Å²) in [6, 6.07) is 12.6. The lowest BCUT2D eigenvalue weighted by atomic mass is 10.1. The van der Waals surface area contributed by atoms with Crippen molar-refractivity contribution >= 4 is 16.9 Å². The molecule has 0 bridgehead atoms. The van der Waals surface area contributed by atoms with Crippen LogP contribution in [0.1, 0.15) is 18.3 Å². The van der Waals surface area contributed by atoms with Crippen LogP contribution in [-0.2, 0) is 24.3 Å². The van der Waals surface area contributed by atoms with Crippen molar-refractivity contribution in [3.63, 3.8) is 0 Å². The summed E-state index contributed by atoms with van der Waals surface area (Å²) in [5.74, 6) is 0.285. The second-order valence-electron chi connectivity index (χ2n) is 6.02. The van der Waals surface area contributed by atoms with Gasteiger partial charge < -0.3 is 14.6 Å². The number of carbonyl (C=O) groups excluding carboxylic acids is 1. The monoisotopic (exact) mass is 339 g/mol. The Labute approximate surface area is 144 Å². The number of carbonyl (C=O) groups is 1. The van der Waals surface area contributed by atoms with Gasteiger partial charge in [0, 0.05) is 18.5 Å². The lowest BCUT2D eigenvalue weighted by molar-refractivity contribution is -0.127. The number of nitrogens with one attached hydrogen (secondary N) is 1. The Kier molecular flexibility index (Phi) is 3.87. The van der Waals surface area contributed by atoms with Gasteiger partial charge in [-0.15, -0.1) is 0 Å². The van der Waals surface area contributed by atoms with Gasteiger partial charge in [0.2, 0.25) is 0 Å². The minimum absolute atomic E-state index is 0.184. The molecule has 128 valence electrons. The lowest BCUT2D eigenvalue weighted by Crippen LogP contribution is -2.37. The van der Waals surface area contributed by atoms with Crippen LogP contribution in [0.15, 0.2) is 42.5 Å². The van der Waals surface area contributed by atoms with Crippen molar-refractivity contribution in [1.82, 2.24) is 14.9 Å². The Morgan fingerprint density at radius 3 is 2.96 bits per heavy atom. The Hall–Kier alpha value is -2.89. The molecule has 1 aliphatic heterocycles. The molecule has 0 fully saturated rings. The molecule has 0 spiro atoms. The summed E-state index contributed by atoms with van der Waals surface area (Å²) in [4.78, 5) is 17.0. The Bertz CT molecular complexity index is 951. The molecule has 1 aliphatic rings. The molecule has 4 rings (SSSR count). The van der Waals surface area contributed by atoms with E-state index in [-0.39, 0.29) is 11.7 Å². The molecular formula is C19H18FN3O2. The van der Waals surface area contributed by atoms with E-state index in [4.69, 9.17) is 4.74 Å². The number of benzene rings is 2. The van der Waals surface area contributed by atoms with E-state index in [2.05, 4.69) is 14.9 Å². The first-order valence-electron chi connectivity index (χ1n) is 8.33. The maximum Gasteiger partial charge on any atom is 0.261 e. The van der Waals surface area contributed by atoms with Gasteiger partial charge in [-0.1, -0.05) is 24.3 Å². The van der Waals surface area contributed by atoms with Crippen molar-refractivity contribution in [2.24, 2.45) is 0 Å². The fourth-order valence-corrected chi connectivity index (χ4v) is 3.27. The summed E-state index contributed by atoms with van der Waals surface area (Å²) in [6.07, 6.45) is -0.324. The molecule has 0 saturated carbocycles. The van der Waals surface area contributed by atoms with Crippen molar-refractivity contribution in [3.8, 4) is 5.75 Å². The van der Waals surface area contributed by atoms with Crippen LogP contribution in [0.3, 0.4) is 0 Å². The molecule has 0 aliphatic carbocycles. The second kappa shape index (κ2) is 6.20. The van der Waals surface area contributed by atoms with Gasteiger partial charge in [-0.25, -0.2) is 9.37 Å². The maximum absolute atomic E-state index is 13.7. The SMILES string of the molecule is CCn1c(CNC(=O)[C@H]2Cc3cccc(F)c3O2)nc2ccccc21. The zero-order chi connectivity index (χ0) is 17.4. The average molecular weight is 339 g/mol. The molecule has 1 aromatic heterocycles. The van der Waals surface area contributed by atoms with Gasteiger partial charge in [-0.3, -0.25) is 4.79 Å². The van der Waals surface area contributed by atoms with E-state index >= 15 is 0 Å². The van der Waals surface area contributed by atoms with Crippen LogP contribution < -0.4 is 10.1 Å². The molecule has 0 radical (unpaired) electrons. The average Bonchev–Trinajstić information content (AvgIpc) is 3.21. The number of rotatable bonds is 4. The fourth-order valence-electron chi connectivity index (χ4n) is 3.27. The zero-order valence-corrected chi connectivity index (χ0v) is 13.8. The molecule has 1 atom stereocenters. The number of halogens is 1. The molecule has 3 aromatic rings. The van der Waals surface area contributed by atoms with Crippen LogP contribution >= 0.6 is 0 Å². The van der Waals surface area contributed by atoms with Crippen LogP contribution in [0, 0.1) is 5.82 Å². The summed E-state index contributed by atoms with van der Waals surface area (Å²) in [7, 11) is 0. The summed E-state index contributed by atoms with van der Waals surface area (Å²) in [5.41, 5.74) is 2.67. The van der Waals surface area contributed by atoms with E-state index in [1.54, 1.807) is 12.1 Å². The minimum atomic E-state index is -0.702. The van der Waals surface area contributed by atoms with Gasteiger partial charge in [0.25, 0.3) is 5.91 Å². The number of hydrogen-bond donors (Lipinski definition) is 1. The highest BCUT2D eigenvalue weighted by atomic mass is 19.1. The van der Waals surface area contributed by atoms with Crippen molar-refractivity contribution in [1.29, 1.82) is 0 Å². The van der Waals surface area contributed by atoms with E-state index in [9.17, 15) is 9.18 Å². The number of nitrogens with zero attached hydrogens (tertiary/aromatic N) is 2. The normalized spacial score (nSPS) is 15.8. The van der Waals surface area contributed by atoms with E-state index in [0.717, 1.165) is 29.0 Å². The van der Waals surface area contributed by atoms with Gasteiger partial charge in [0.05, 0.1) is 17.6 Å². The van der Waals surface area contributed by atoms with Gasteiger partial charge in [0.1, 0.15) is 5.82 Å². The van der Waals surface area contributed by atoms with E-state index in [1.165, 1.54) is 6.07 Å². The first-order chi connectivity index (χ1) is 12.2. The summed E-state index contributed by atoms with van der Waals surface area (Å²) in [6.45, 7) is 3.11. The Balaban J connectivity index is 1.47. The second-order valence-corrected chi connectivity index (χ2v) is 6.02. The number of para-hydroxylation sites is 3. The van der Waals surface area contributed by atoms with Crippen molar-refractivity contribution < 1.29 is 13.9 Å². The summed E-state index contributed by atoms with van der Waals surface area (Å²) in [5, 5.41) is 2.86. The highest BCUT2D eigenvalue weighted by Crippen LogP contribution is 2.31. The lowest BCUT2D eigenvalue weighted by Gasteiger charge is -2.12. The predicted octanol–water partition coefficient (Wildman–Crippen LogP) is 2.82. The number of hydrogen-bond acceptors (Lipinski definition) is 3. The molecule has 5 nitrogen and oxygen atoms in total. The fraction of sp³-hybridized carbons (Fsp3) is 0.263. The molecule has 1 N–H and O–H groups in total. The van der Waals surface area contributed by atoms with E-state index in [0.29, 0.717) is 13.0 Å². The predicted molar refractivity (Wildman–Crippen MR) is 91.8 cm³/mol. The maximum atomic E-state index is 13.7. The summed E-state index contributed by atoms with van der Waals surface area (Å²) < 4.78 is 21.3. The topological polar surface area (TPSA) is 56.2 Å². The van der Waals surface area contributed by atoms with Gasteiger partial charge in [-0.2, -0.15) is 0 Å². The third kappa shape index (κ3) is 2.73. The molecule has 6 heteroatoms. The van der Waals surface area contributed by atoms with Crippen LogP contribution in [0.4, 0.5) is 4.39 Å². The number of amides is 1. The van der Waals surface area contributed by atoms with Crippen molar-refractivity contribution in [2.75, 3.05) is 0 Å². The number of ether oxygens (including phenoxy) is 1.